The smallest absolute Gasteiger partial charge is 0.272 e. The summed E-state index contributed by atoms with van der Waals surface area (Å²) >= 11 is 0. The van der Waals surface area contributed by atoms with Crippen LogP contribution >= 0.6 is 0 Å². The Balaban J connectivity index is 1.85. The molecule has 4 nitrogen and oxygen atoms in total. The van der Waals surface area contributed by atoms with Crippen molar-refractivity contribution in [1.29, 1.82) is 0 Å². The minimum Gasteiger partial charge on any atom is -0.496 e. The Morgan fingerprint density at radius 1 is 1.39 bits per heavy atom. The zero-order chi connectivity index (χ0) is 12.8. The normalized spacial score (nSPS) is 16.1. The maximum Gasteiger partial charge on any atom is 0.272 e. The number of methoxy groups -OCH3 is 1. The third kappa shape index (κ3) is 2.97. The first-order chi connectivity index (χ1) is 8.81. The number of para-hydroxylation sites is 1. The van der Waals surface area contributed by atoms with Crippen LogP contribution in [0.1, 0.15) is 18.4 Å². The van der Waals surface area contributed by atoms with Crippen molar-refractivity contribution in [2.24, 2.45) is 5.10 Å². The Labute approximate surface area is 106 Å². The fourth-order valence-electron chi connectivity index (χ4n) is 1.89. The average Bonchev–Trinajstić information content (AvgIpc) is 2.81. The van der Waals surface area contributed by atoms with Crippen LogP contribution in [0.4, 0.5) is 0 Å². The molecule has 1 heterocycles. The van der Waals surface area contributed by atoms with E-state index < -0.39 is 0 Å². The predicted octanol–water partition coefficient (Wildman–Crippen LogP) is 2.06. The van der Waals surface area contributed by atoms with Crippen LogP contribution in [0.2, 0.25) is 0 Å². The zero-order valence-corrected chi connectivity index (χ0v) is 10.3. The lowest BCUT2D eigenvalue weighted by molar-refractivity contribution is -0.116. The van der Waals surface area contributed by atoms with E-state index in [1.165, 1.54) is 5.56 Å². The van der Waals surface area contributed by atoms with Crippen LogP contribution in [-0.2, 0) is 11.2 Å². The minimum atomic E-state index is -0.118. The molecule has 1 amide bonds. The van der Waals surface area contributed by atoms with E-state index in [9.17, 15) is 4.79 Å². The van der Waals surface area contributed by atoms with Crippen molar-refractivity contribution in [3.8, 4) is 5.75 Å². The van der Waals surface area contributed by atoms with Crippen LogP contribution in [0.3, 0.4) is 0 Å². The van der Waals surface area contributed by atoms with Gasteiger partial charge in [-0.1, -0.05) is 24.3 Å². The van der Waals surface area contributed by atoms with E-state index in [-0.39, 0.29) is 5.91 Å². The van der Waals surface area contributed by atoms with Gasteiger partial charge < -0.3 is 4.74 Å². The number of aryl methyl sites for hydroxylation is 1. The first-order valence-electron chi connectivity index (χ1n) is 5.96. The zero-order valence-electron chi connectivity index (χ0n) is 10.3. The summed E-state index contributed by atoms with van der Waals surface area (Å²) in [4.78, 5) is 11.2. The molecule has 1 aliphatic rings. The van der Waals surface area contributed by atoms with Gasteiger partial charge in [0.2, 0.25) is 0 Å². The second-order valence-corrected chi connectivity index (χ2v) is 4.06. The Kier molecular flexibility index (Phi) is 4.12. The van der Waals surface area contributed by atoms with Gasteiger partial charge in [0.1, 0.15) is 5.75 Å². The van der Waals surface area contributed by atoms with E-state index in [2.05, 4.69) is 16.6 Å². The van der Waals surface area contributed by atoms with Crippen molar-refractivity contribution in [2.45, 2.75) is 19.3 Å². The largest absolute Gasteiger partial charge is 0.496 e. The monoisotopic (exact) mass is 244 g/mol. The number of hydrogen-bond acceptors (Lipinski definition) is 3. The average molecular weight is 244 g/mol. The van der Waals surface area contributed by atoms with E-state index >= 15 is 0 Å². The quantitative estimate of drug-likeness (QED) is 0.636. The Bertz CT molecular complexity index is 492. The van der Waals surface area contributed by atoms with Crippen molar-refractivity contribution in [3.63, 3.8) is 0 Å². The number of benzene rings is 1. The summed E-state index contributed by atoms with van der Waals surface area (Å²) in [7, 11) is 1.68. The number of nitrogens with zero attached hydrogens (tertiary/aromatic N) is 1. The lowest BCUT2D eigenvalue weighted by Crippen LogP contribution is -2.11. The topological polar surface area (TPSA) is 50.7 Å². The number of unbranched alkanes of at least 4 members (excludes halogenated alkanes) is 1. The van der Waals surface area contributed by atoms with Gasteiger partial charge in [-0.25, -0.2) is 5.43 Å². The van der Waals surface area contributed by atoms with Crippen LogP contribution in [0.5, 0.6) is 5.75 Å². The Hall–Kier alpha value is -2.10. The van der Waals surface area contributed by atoms with Gasteiger partial charge in [0.05, 0.1) is 18.9 Å². The molecule has 0 aliphatic carbocycles. The summed E-state index contributed by atoms with van der Waals surface area (Å²) in [5, 5.41) is 3.70. The number of carbonyl (C=O) groups excluding carboxylic acids is 1. The summed E-state index contributed by atoms with van der Waals surface area (Å²) in [6, 6.07) is 8.00. The number of amides is 1. The van der Waals surface area contributed by atoms with Crippen molar-refractivity contribution in [2.75, 3.05) is 7.11 Å². The number of allylic oxidation sites excluding steroid dienone is 1. The van der Waals surface area contributed by atoms with Crippen LogP contribution in [0.25, 0.3) is 0 Å². The molecule has 0 aromatic heterocycles. The van der Waals surface area contributed by atoms with Gasteiger partial charge in [-0.05, 0) is 30.9 Å². The number of carbonyl (C=O) groups is 1. The van der Waals surface area contributed by atoms with E-state index in [0.29, 0.717) is 5.57 Å². The molecule has 94 valence electrons. The minimum absolute atomic E-state index is 0.118. The SMILES string of the molecule is COc1ccccc1CCC/C=C1/C=NNC1=O. The molecule has 1 aliphatic heterocycles. The maximum atomic E-state index is 11.2. The van der Waals surface area contributed by atoms with E-state index in [0.717, 1.165) is 25.0 Å². The van der Waals surface area contributed by atoms with Crippen molar-refractivity contribution >= 4 is 12.1 Å². The van der Waals surface area contributed by atoms with E-state index in [1.54, 1.807) is 13.3 Å². The molecule has 4 heteroatoms. The molecule has 2 rings (SSSR count). The first-order valence-corrected chi connectivity index (χ1v) is 5.96. The molecule has 18 heavy (non-hydrogen) atoms. The molecule has 1 N–H and O–H groups in total. The van der Waals surface area contributed by atoms with Gasteiger partial charge in [0, 0.05) is 0 Å². The maximum absolute atomic E-state index is 11.2. The van der Waals surface area contributed by atoms with Crippen molar-refractivity contribution in [1.82, 2.24) is 5.43 Å². The third-order valence-corrected chi connectivity index (χ3v) is 2.84. The molecule has 0 saturated heterocycles. The fourth-order valence-corrected chi connectivity index (χ4v) is 1.89. The number of rotatable bonds is 5. The second-order valence-electron chi connectivity index (χ2n) is 4.06. The highest BCUT2D eigenvalue weighted by Gasteiger charge is 2.10. The van der Waals surface area contributed by atoms with Crippen molar-refractivity contribution < 1.29 is 9.53 Å². The number of ether oxygens (including phenoxy) is 1. The van der Waals surface area contributed by atoms with Crippen LogP contribution < -0.4 is 10.2 Å². The number of hydrazone groups is 1. The molecule has 0 unspecified atom stereocenters. The van der Waals surface area contributed by atoms with E-state index in [1.807, 2.05) is 24.3 Å². The summed E-state index contributed by atoms with van der Waals surface area (Å²) < 4.78 is 5.29. The molecule has 0 fully saturated rings. The van der Waals surface area contributed by atoms with Gasteiger partial charge in [0.25, 0.3) is 5.91 Å². The first kappa shape index (κ1) is 12.4. The molecule has 0 radical (unpaired) electrons. The fraction of sp³-hybridized carbons (Fsp3) is 0.286. The number of nitrogens with one attached hydrogen (secondary N) is 1. The molecule has 1 aromatic carbocycles. The molecule has 0 spiro atoms. The Morgan fingerprint density at radius 3 is 2.94 bits per heavy atom. The van der Waals surface area contributed by atoms with Crippen LogP contribution in [0, 0.1) is 0 Å². The highest BCUT2D eigenvalue weighted by atomic mass is 16.5. The summed E-state index contributed by atoms with van der Waals surface area (Å²) in [5.74, 6) is 0.803. The molecule has 0 atom stereocenters. The Morgan fingerprint density at radius 2 is 2.22 bits per heavy atom. The molecule has 1 aromatic rings. The third-order valence-electron chi connectivity index (χ3n) is 2.84. The second kappa shape index (κ2) is 6.00. The molecule has 0 saturated carbocycles. The lowest BCUT2D eigenvalue weighted by Gasteiger charge is -2.06. The van der Waals surface area contributed by atoms with Crippen LogP contribution in [-0.4, -0.2) is 19.2 Å². The predicted molar refractivity (Wildman–Crippen MR) is 70.6 cm³/mol. The highest BCUT2D eigenvalue weighted by Crippen LogP contribution is 2.19. The van der Waals surface area contributed by atoms with Gasteiger partial charge in [-0.3, -0.25) is 4.79 Å². The van der Waals surface area contributed by atoms with Crippen LogP contribution in [0.15, 0.2) is 41.0 Å². The molecular weight excluding hydrogens is 228 g/mol. The molecule has 0 bridgehead atoms. The van der Waals surface area contributed by atoms with Gasteiger partial charge >= 0.3 is 0 Å². The molecular formula is C14H16N2O2. The van der Waals surface area contributed by atoms with Crippen molar-refractivity contribution in [3.05, 3.63) is 41.5 Å². The lowest BCUT2D eigenvalue weighted by atomic mass is 10.1. The summed E-state index contributed by atoms with van der Waals surface area (Å²) in [6.45, 7) is 0. The highest BCUT2D eigenvalue weighted by molar-refractivity contribution is 6.15. The summed E-state index contributed by atoms with van der Waals surface area (Å²) in [6.07, 6.45) is 6.25. The standard InChI is InChI=1S/C14H16N2O2/c1-18-13-9-5-4-7-11(13)6-2-3-8-12-10-15-16-14(12)17/h4-5,7-10H,2-3,6H2,1H3,(H,16,17)/b12-8-. The van der Waals surface area contributed by atoms with Gasteiger partial charge in [-0.15, -0.1) is 0 Å². The summed E-state index contributed by atoms with van der Waals surface area (Å²) in [5.41, 5.74) is 4.23. The van der Waals surface area contributed by atoms with Gasteiger partial charge in [0.15, 0.2) is 0 Å². The number of hydrogen-bond donors (Lipinski definition) is 1. The van der Waals surface area contributed by atoms with Gasteiger partial charge in [-0.2, -0.15) is 5.10 Å². The van der Waals surface area contributed by atoms with E-state index in [4.69, 9.17) is 4.74 Å².